The number of hydrogen-bond acceptors (Lipinski definition) is 3. The molecule has 0 atom stereocenters. The van der Waals surface area contributed by atoms with Gasteiger partial charge in [-0.25, -0.2) is 4.39 Å². The standard InChI is InChI=1S/C10H10FNO2/c11-9-4-3-7(6-12)10(14)8(9)2-1-5-13/h3-4,13-14H,1-2,5H2. The molecule has 4 heteroatoms. The Bertz CT molecular complexity index is 371. The van der Waals surface area contributed by atoms with E-state index in [0.29, 0.717) is 6.42 Å². The lowest BCUT2D eigenvalue weighted by Gasteiger charge is -2.05. The van der Waals surface area contributed by atoms with E-state index in [-0.39, 0.29) is 29.9 Å². The molecule has 0 saturated heterocycles. The van der Waals surface area contributed by atoms with Crippen LogP contribution < -0.4 is 0 Å². The maximum atomic E-state index is 13.1. The van der Waals surface area contributed by atoms with Gasteiger partial charge in [0.1, 0.15) is 17.6 Å². The summed E-state index contributed by atoms with van der Waals surface area (Å²) >= 11 is 0. The van der Waals surface area contributed by atoms with Crippen molar-refractivity contribution >= 4 is 0 Å². The Morgan fingerprint density at radius 2 is 2.14 bits per heavy atom. The van der Waals surface area contributed by atoms with Gasteiger partial charge in [0, 0.05) is 12.2 Å². The second-order valence-electron chi connectivity index (χ2n) is 2.86. The first-order valence-electron chi connectivity index (χ1n) is 4.22. The zero-order valence-corrected chi connectivity index (χ0v) is 7.50. The molecule has 0 spiro atoms. The molecule has 14 heavy (non-hydrogen) atoms. The van der Waals surface area contributed by atoms with Gasteiger partial charge in [-0.3, -0.25) is 0 Å². The van der Waals surface area contributed by atoms with Crippen LogP contribution in [0.3, 0.4) is 0 Å². The van der Waals surface area contributed by atoms with Gasteiger partial charge in [0.25, 0.3) is 0 Å². The normalized spacial score (nSPS) is 9.79. The molecule has 2 N–H and O–H groups in total. The fraction of sp³-hybridized carbons (Fsp3) is 0.300. The average molecular weight is 195 g/mol. The number of benzene rings is 1. The van der Waals surface area contributed by atoms with Crippen molar-refractivity contribution in [2.45, 2.75) is 12.8 Å². The number of halogens is 1. The van der Waals surface area contributed by atoms with E-state index in [4.69, 9.17) is 10.4 Å². The lowest BCUT2D eigenvalue weighted by Crippen LogP contribution is -1.96. The van der Waals surface area contributed by atoms with E-state index in [9.17, 15) is 9.50 Å². The molecule has 0 fully saturated rings. The van der Waals surface area contributed by atoms with Crippen molar-refractivity contribution in [3.63, 3.8) is 0 Å². The molecule has 1 aromatic carbocycles. The largest absolute Gasteiger partial charge is 0.506 e. The van der Waals surface area contributed by atoms with Crippen molar-refractivity contribution in [1.29, 1.82) is 5.26 Å². The molecule has 1 rings (SSSR count). The first kappa shape index (κ1) is 10.5. The van der Waals surface area contributed by atoms with Gasteiger partial charge in [0.05, 0.1) is 5.56 Å². The summed E-state index contributed by atoms with van der Waals surface area (Å²) in [4.78, 5) is 0. The summed E-state index contributed by atoms with van der Waals surface area (Å²) in [6.07, 6.45) is 0.586. The maximum absolute atomic E-state index is 13.1. The lowest BCUT2D eigenvalue weighted by molar-refractivity contribution is 0.287. The molecule has 0 bridgehead atoms. The van der Waals surface area contributed by atoms with Crippen LogP contribution in [0.5, 0.6) is 5.75 Å². The summed E-state index contributed by atoms with van der Waals surface area (Å²) < 4.78 is 13.1. The summed E-state index contributed by atoms with van der Waals surface area (Å²) in [6.45, 7) is -0.0737. The third-order valence-electron chi connectivity index (χ3n) is 1.93. The molecule has 3 nitrogen and oxygen atoms in total. The van der Waals surface area contributed by atoms with Crippen LogP contribution in [0.2, 0.25) is 0 Å². The number of hydrogen-bond donors (Lipinski definition) is 2. The minimum Gasteiger partial charge on any atom is -0.506 e. The Morgan fingerprint density at radius 1 is 1.43 bits per heavy atom. The van der Waals surface area contributed by atoms with Gasteiger partial charge in [0.15, 0.2) is 0 Å². The first-order valence-corrected chi connectivity index (χ1v) is 4.22. The molecule has 0 aliphatic carbocycles. The minimum atomic E-state index is -0.546. The zero-order valence-electron chi connectivity index (χ0n) is 7.50. The van der Waals surface area contributed by atoms with Crippen molar-refractivity contribution in [2.24, 2.45) is 0 Å². The van der Waals surface area contributed by atoms with Crippen LogP contribution >= 0.6 is 0 Å². The molecule has 0 radical (unpaired) electrons. The van der Waals surface area contributed by atoms with Gasteiger partial charge >= 0.3 is 0 Å². The van der Waals surface area contributed by atoms with Crippen LogP contribution in [0.25, 0.3) is 0 Å². The quantitative estimate of drug-likeness (QED) is 0.764. The van der Waals surface area contributed by atoms with Crippen LogP contribution in [0.4, 0.5) is 4.39 Å². The number of aliphatic hydroxyl groups is 1. The van der Waals surface area contributed by atoms with Gasteiger partial charge in [-0.2, -0.15) is 5.26 Å². The number of phenolic OH excluding ortho intramolecular Hbond substituents is 1. The maximum Gasteiger partial charge on any atom is 0.139 e. The predicted molar refractivity (Wildman–Crippen MR) is 48.2 cm³/mol. The molecule has 0 aliphatic heterocycles. The van der Waals surface area contributed by atoms with E-state index >= 15 is 0 Å². The Hall–Kier alpha value is -1.60. The van der Waals surface area contributed by atoms with Gasteiger partial charge in [-0.15, -0.1) is 0 Å². The molecular weight excluding hydrogens is 185 g/mol. The fourth-order valence-electron chi connectivity index (χ4n) is 1.20. The van der Waals surface area contributed by atoms with Crippen molar-refractivity contribution in [1.82, 2.24) is 0 Å². The first-order chi connectivity index (χ1) is 6.70. The molecule has 1 aromatic rings. The Morgan fingerprint density at radius 3 is 2.71 bits per heavy atom. The molecule has 0 heterocycles. The second-order valence-corrected chi connectivity index (χ2v) is 2.86. The minimum absolute atomic E-state index is 0.0549. The Labute approximate surface area is 81.0 Å². The number of nitrogens with zero attached hydrogens (tertiary/aromatic N) is 1. The summed E-state index contributed by atoms with van der Waals surface area (Å²) in [5, 5.41) is 26.6. The highest BCUT2D eigenvalue weighted by Crippen LogP contribution is 2.25. The van der Waals surface area contributed by atoms with Crippen LogP contribution in [0.15, 0.2) is 12.1 Å². The van der Waals surface area contributed by atoms with E-state index < -0.39 is 5.82 Å². The highest BCUT2D eigenvalue weighted by Gasteiger charge is 2.11. The van der Waals surface area contributed by atoms with Crippen molar-refractivity contribution < 1.29 is 14.6 Å². The molecule has 0 unspecified atom stereocenters. The van der Waals surface area contributed by atoms with Gasteiger partial charge < -0.3 is 10.2 Å². The van der Waals surface area contributed by atoms with Crippen molar-refractivity contribution in [3.05, 3.63) is 29.1 Å². The highest BCUT2D eigenvalue weighted by molar-refractivity contribution is 5.48. The van der Waals surface area contributed by atoms with E-state index in [1.165, 1.54) is 6.07 Å². The van der Waals surface area contributed by atoms with E-state index in [2.05, 4.69) is 0 Å². The number of nitriles is 1. The molecular formula is C10H10FNO2. The van der Waals surface area contributed by atoms with E-state index in [1.807, 2.05) is 0 Å². The highest BCUT2D eigenvalue weighted by atomic mass is 19.1. The van der Waals surface area contributed by atoms with Gasteiger partial charge in [0.2, 0.25) is 0 Å². The monoisotopic (exact) mass is 195 g/mol. The Balaban J connectivity index is 3.07. The molecule has 74 valence electrons. The number of aliphatic hydroxyl groups excluding tert-OH is 1. The summed E-state index contributed by atoms with van der Waals surface area (Å²) in [5.74, 6) is -0.865. The molecule has 0 amide bonds. The van der Waals surface area contributed by atoms with Crippen molar-refractivity contribution in [3.8, 4) is 11.8 Å². The fourth-order valence-corrected chi connectivity index (χ4v) is 1.20. The molecule has 0 aliphatic rings. The van der Waals surface area contributed by atoms with Crippen LogP contribution in [-0.2, 0) is 6.42 Å². The van der Waals surface area contributed by atoms with Crippen LogP contribution in [-0.4, -0.2) is 16.8 Å². The summed E-state index contributed by atoms with van der Waals surface area (Å²) in [6, 6.07) is 4.13. The number of rotatable bonds is 3. The van der Waals surface area contributed by atoms with Gasteiger partial charge in [-0.1, -0.05) is 0 Å². The topological polar surface area (TPSA) is 64.2 Å². The van der Waals surface area contributed by atoms with Crippen LogP contribution in [0.1, 0.15) is 17.5 Å². The second kappa shape index (κ2) is 4.58. The van der Waals surface area contributed by atoms with Gasteiger partial charge in [-0.05, 0) is 25.0 Å². The van der Waals surface area contributed by atoms with Crippen molar-refractivity contribution in [2.75, 3.05) is 6.61 Å². The predicted octanol–water partition coefficient (Wildman–Crippen LogP) is 1.33. The average Bonchev–Trinajstić information content (AvgIpc) is 2.18. The Kier molecular flexibility index (Phi) is 3.43. The third-order valence-corrected chi connectivity index (χ3v) is 1.93. The smallest absolute Gasteiger partial charge is 0.139 e. The summed E-state index contributed by atoms with van der Waals surface area (Å²) in [5.41, 5.74) is 0.150. The molecule has 0 aromatic heterocycles. The summed E-state index contributed by atoms with van der Waals surface area (Å²) in [7, 11) is 0. The molecule has 0 saturated carbocycles. The van der Waals surface area contributed by atoms with E-state index in [1.54, 1.807) is 6.07 Å². The zero-order chi connectivity index (χ0) is 10.6. The SMILES string of the molecule is N#Cc1ccc(F)c(CCCO)c1O. The van der Waals surface area contributed by atoms with E-state index in [0.717, 1.165) is 6.07 Å². The lowest BCUT2D eigenvalue weighted by atomic mass is 10.0. The number of phenols is 1. The third kappa shape index (κ3) is 2.01. The van der Waals surface area contributed by atoms with Crippen LogP contribution in [0, 0.1) is 17.1 Å². The number of aromatic hydroxyl groups is 1.